The zero-order valence-electron chi connectivity index (χ0n) is 8.61. The molecule has 1 aromatic carbocycles. The van der Waals surface area contributed by atoms with Crippen LogP contribution in [0.1, 0.15) is 0 Å². The minimum absolute atomic E-state index is 0.0207. The highest BCUT2D eigenvalue weighted by Crippen LogP contribution is 2.14. The van der Waals surface area contributed by atoms with Gasteiger partial charge in [-0.05, 0) is 18.2 Å². The number of nitriles is 2. The highest BCUT2D eigenvalue weighted by atomic mass is 16.1. The van der Waals surface area contributed by atoms with E-state index in [0.717, 1.165) is 0 Å². The molecule has 0 amide bonds. The number of allylic oxidation sites excluding steroid dienone is 1. The Morgan fingerprint density at radius 1 is 1.29 bits per heavy atom. The van der Waals surface area contributed by atoms with Crippen molar-refractivity contribution in [3.8, 4) is 12.1 Å². The molecule has 0 atom stereocenters. The molecule has 0 saturated carbocycles. The molecule has 0 unspecified atom stereocenters. The highest BCUT2D eigenvalue weighted by molar-refractivity contribution is 5.81. The van der Waals surface area contributed by atoms with Gasteiger partial charge in [0, 0.05) is 11.9 Å². The molecule has 17 heavy (non-hydrogen) atoms. The van der Waals surface area contributed by atoms with Crippen molar-refractivity contribution in [2.24, 2.45) is 0 Å². The Bertz CT molecular complexity index is 707. The van der Waals surface area contributed by atoms with Gasteiger partial charge < -0.3 is 5.32 Å². The second-order valence-corrected chi connectivity index (χ2v) is 3.27. The van der Waals surface area contributed by atoms with Gasteiger partial charge in [-0.3, -0.25) is 15.0 Å². The molecule has 0 aliphatic heterocycles. The maximum atomic E-state index is 11.2. The molecule has 0 saturated heterocycles. The fraction of sp³-hybridized carbons (Fsp3) is 0. The summed E-state index contributed by atoms with van der Waals surface area (Å²) in [5.74, 6) is 0. The Kier molecular flexibility index (Phi) is 2.63. The van der Waals surface area contributed by atoms with Crippen LogP contribution in [0.2, 0.25) is 0 Å². The summed E-state index contributed by atoms with van der Waals surface area (Å²) in [4.78, 5) is 11.2. The lowest BCUT2D eigenvalue weighted by Gasteiger charge is -1.99. The average Bonchev–Trinajstić information content (AvgIpc) is 2.72. The van der Waals surface area contributed by atoms with Gasteiger partial charge in [-0.2, -0.15) is 10.5 Å². The lowest BCUT2D eigenvalue weighted by molar-refractivity contribution is 1.08. The lowest BCUT2D eigenvalue weighted by Crippen LogP contribution is -1.97. The van der Waals surface area contributed by atoms with E-state index in [9.17, 15) is 4.79 Å². The number of aromatic amines is 2. The third-order valence-corrected chi connectivity index (χ3v) is 2.20. The Hall–Kier alpha value is -2.99. The topological polar surface area (TPSA) is 108 Å². The number of nitrogens with zero attached hydrogens (tertiary/aromatic N) is 2. The Morgan fingerprint density at radius 2 is 2.06 bits per heavy atom. The SMILES string of the molecule is N#CC(C#N)=CNc1ccc2c(=O)[nH][nH]c2c1. The average molecular weight is 225 g/mol. The highest BCUT2D eigenvalue weighted by Gasteiger charge is 2.00. The van der Waals surface area contributed by atoms with Gasteiger partial charge >= 0.3 is 0 Å². The van der Waals surface area contributed by atoms with Crippen LogP contribution >= 0.6 is 0 Å². The summed E-state index contributed by atoms with van der Waals surface area (Å²) >= 11 is 0. The standard InChI is InChI=1S/C11H7N5O/c12-4-7(5-13)6-14-8-1-2-9-10(3-8)15-16-11(9)17/h1-3,6,14H,(H2,15,16,17). The van der Waals surface area contributed by atoms with E-state index in [4.69, 9.17) is 10.5 Å². The molecule has 82 valence electrons. The van der Waals surface area contributed by atoms with Gasteiger partial charge in [0.05, 0.1) is 10.9 Å². The number of hydrogen-bond acceptors (Lipinski definition) is 4. The van der Waals surface area contributed by atoms with Crippen molar-refractivity contribution in [2.75, 3.05) is 5.32 Å². The number of benzene rings is 1. The van der Waals surface area contributed by atoms with E-state index in [1.807, 2.05) is 0 Å². The van der Waals surface area contributed by atoms with Crippen molar-refractivity contribution < 1.29 is 0 Å². The molecule has 6 nitrogen and oxygen atoms in total. The zero-order valence-corrected chi connectivity index (χ0v) is 8.61. The second-order valence-electron chi connectivity index (χ2n) is 3.27. The summed E-state index contributed by atoms with van der Waals surface area (Å²) in [5.41, 5.74) is 1.13. The molecule has 0 aliphatic rings. The molecule has 6 heteroatoms. The van der Waals surface area contributed by atoms with Gasteiger partial charge in [0.25, 0.3) is 5.56 Å². The number of H-pyrrole nitrogens is 2. The van der Waals surface area contributed by atoms with E-state index in [1.165, 1.54) is 6.20 Å². The van der Waals surface area contributed by atoms with Gasteiger partial charge in [0.2, 0.25) is 0 Å². The first kappa shape index (κ1) is 10.5. The van der Waals surface area contributed by atoms with Gasteiger partial charge in [-0.25, -0.2) is 0 Å². The number of fused-ring (bicyclic) bond motifs is 1. The van der Waals surface area contributed by atoms with Crippen LogP contribution in [0.15, 0.2) is 34.8 Å². The van der Waals surface area contributed by atoms with E-state index >= 15 is 0 Å². The fourth-order valence-electron chi connectivity index (χ4n) is 1.37. The van der Waals surface area contributed by atoms with Gasteiger partial charge in [-0.1, -0.05) is 0 Å². The molecule has 0 aliphatic carbocycles. The van der Waals surface area contributed by atoms with Crippen molar-refractivity contribution in [3.05, 3.63) is 40.3 Å². The van der Waals surface area contributed by atoms with Crippen LogP contribution in [0.4, 0.5) is 5.69 Å². The van der Waals surface area contributed by atoms with E-state index in [1.54, 1.807) is 30.3 Å². The molecule has 1 aromatic heterocycles. The fourth-order valence-corrected chi connectivity index (χ4v) is 1.37. The molecule has 3 N–H and O–H groups in total. The summed E-state index contributed by atoms with van der Waals surface area (Å²) < 4.78 is 0. The Morgan fingerprint density at radius 3 is 2.76 bits per heavy atom. The van der Waals surface area contributed by atoms with Crippen LogP contribution in [-0.2, 0) is 0 Å². The summed E-state index contributed by atoms with van der Waals surface area (Å²) in [6.45, 7) is 0. The molecular weight excluding hydrogens is 218 g/mol. The molecule has 2 aromatic rings. The maximum Gasteiger partial charge on any atom is 0.271 e. The predicted molar refractivity (Wildman–Crippen MR) is 61.9 cm³/mol. The normalized spacial score (nSPS) is 9.29. The predicted octanol–water partition coefficient (Wildman–Crippen LogP) is 1.20. The second kappa shape index (κ2) is 4.25. The molecule has 0 radical (unpaired) electrons. The van der Waals surface area contributed by atoms with Crippen molar-refractivity contribution in [2.45, 2.75) is 0 Å². The van der Waals surface area contributed by atoms with Crippen LogP contribution in [0.5, 0.6) is 0 Å². The van der Waals surface area contributed by atoms with Crippen molar-refractivity contribution >= 4 is 16.6 Å². The molecule has 2 rings (SSSR count). The first-order valence-corrected chi connectivity index (χ1v) is 4.72. The largest absolute Gasteiger partial charge is 0.360 e. The monoisotopic (exact) mass is 225 g/mol. The number of aromatic nitrogens is 2. The summed E-state index contributed by atoms with van der Waals surface area (Å²) in [7, 11) is 0. The summed E-state index contributed by atoms with van der Waals surface area (Å²) in [6, 6.07) is 8.52. The number of hydrogen-bond donors (Lipinski definition) is 3. The van der Waals surface area contributed by atoms with E-state index in [2.05, 4.69) is 15.5 Å². The van der Waals surface area contributed by atoms with Crippen LogP contribution in [0, 0.1) is 22.7 Å². The molecule has 0 bridgehead atoms. The van der Waals surface area contributed by atoms with Crippen LogP contribution in [-0.4, -0.2) is 10.2 Å². The molecule has 0 fully saturated rings. The van der Waals surface area contributed by atoms with Crippen molar-refractivity contribution in [1.29, 1.82) is 10.5 Å². The van der Waals surface area contributed by atoms with Crippen LogP contribution in [0.25, 0.3) is 10.9 Å². The smallest absolute Gasteiger partial charge is 0.271 e. The maximum absolute atomic E-state index is 11.2. The first-order valence-electron chi connectivity index (χ1n) is 4.72. The van der Waals surface area contributed by atoms with Crippen LogP contribution in [0.3, 0.4) is 0 Å². The third kappa shape index (κ3) is 2.01. The van der Waals surface area contributed by atoms with E-state index in [-0.39, 0.29) is 11.1 Å². The van der Waals surface area contributed by atoms with Gasteiger partial charge in [0.15, 0.2) is 0 Å². The number of nitrogens with one attached hydrogen (secondary N) is 3. The lowest BCUT2D eigenvalue weighted by atomic mass is 10.2. The van der Waals surface area contributed by atoms with Gasteiger partial charge in [0.1, 0.15) is 17.7 Å². The zero-order chi connectivity index (χ0) is 12.3. The van der Waals surface area contributed by atoms with Crippen LogP contribution < -0.4 is 10.9 Å². The summed E-state index contributed by atoms with van der Waals surface area (Å²) in [5, 5.41) is 25.6. The minimum Gasteiger partial charge on any atom is -0.360 e. The molecule has 1 heterocycles. The third-order valence-electron chi connectivity index (χ3n) is 2.20. The van der Waals surface area contributed by atoms with Gasteiger partial charge in [-0.15, -0.1) is 0 Å². The minimum atomic E-state index is -0.183. The van der Waals surface area contributed by atoms with Crippen molar-refractivity contribution in [1.82, 2.24) is 10.2 Å². The van der Waals surface area contributed by atoms with Crippen molar-refractivity contribution in [3.63, 3.8) is 0 Å². The number of rotatable bonds is 2. The molecular formula is C11H7N5O. The first-order chi connectivity index (χ1) is 8.24. The van der Waals surface area contributed by atoms with E-state index < -0.39 is 0 Å². The van der Waals surface area contributed by atoms with E-state index in [0.29, 0.717) is 16.6 Å². The quantitative estimate of drug-likeness (QED) is 0.667. The summed E-state index contributed by atoms with van der Waals surface area (Å²) in [6.07, 6.45) is 1.31. The number of anilines is 1. The molecule has 0 spiro atoms. The Labute approximate surface area is 95.8 Å². The Balaban J connectivity index is 2.33.